The molecule has 6 heteroatoms. The fourth-order valence-corrected chi connectivity index (χ4v) is 3.72. The lowest BCUT2D eigenvalue weighted by Crippen LogP contribution is -2.52. The predicted molar refractivity (Wildman–Crippen MR) is 86.4 cm³/mol. The first kappa shape index (κ1) is 17.7. The van der Waals surface area contributed by atoms with Crippen molar-refractivity contribution in [3.8, 4) is 0 Å². The van der Waals surface area contributed by atoms with Crippen molar-refractivity contribution >= 4 is 0 Å². The molecule has 2 aliphatic rings. The minimum Gasteiger partial charge on any atom is -0.377 e. The van der Waals surface area contributed by atoms with E-state index >= 15 is 4.39 Å². The van der Waals surface area contributed by atoms with Gasteiger partial charge < -0.3 is 15.8 Å². The van der Waals surface area contributed by atoms with Crippen LogP contribution >= 0.6 is 0 Å². The van der Waals surface area contributed by atoms with Gasteiger partial charge in [0, 0.05) is 18.2 Å². The smallest absolute Gasteiger partial charge is 0.136 e. The molecule has 0 amide bonds. The number of halogens is 3. The summed E-state index contributed by atoms with van der Waals surface area (Å²) in [6.07, 6.45) is 3.55. The van der Waals surface area contributed by atoms with Crippen molar-refractivity contribution in [3.63, 3.8) is 0 Å². The maximum Gasteiger partial charge on any atom is 0.136 e. The van der Waals surface area contributed by atoms with Crippen molar-refractivity contribution in [2.45, 2.75) is 62.4 Å². The zero-order chi connectivity index (χ0) is 17.2. The normalized spacial score (nSPS) is 34.2. The maximum atomic E-state index is 15.1. The Hall–Kier alpha value is -1.11. The first-order valence-corrected chi connectivity index (χ1v) is 8.72. The Bertz CT molecular complexity index is 541. The van der Waals surface area contributed by atoms with Gasteiger partial charge in [-0.1, -0.05) is 0 Å². The summed E-state index contributed by atoms with van der Waals surface area (Å²) in [4.78, 5) is 0. The summed E-state index contributed by atoms with van der Waals surface area (Å²) in [6, 6.07) is 3.19. The zero-order valence-corrected chi connectivity index (χ0v) is 13.7. The lowest BCUT2D eigenvalue weighted by molar-refractivity contribution is -0.0288. The lowest BCUT2D eigenvalue weighted by Gasteiger charge is -2.36. The Morgan fingerprint density at radius 1 is 1.12 bits per heavy atom. The van der Waals surface area contributed by atoms with Crippen molar-refractivity contribution in [1.29, 1.82) is 0 Å². The van der Waals surface area contributed by atoms with Gasteiger partial charge in [0.1, 0.15) is 17.3 Å². The highest BCUT2D eigenvalue weighted by atomic mass is 19.1. The number of piperidine rings is 1. The molecule has 3 rings (SSSR count). The van der Waals surface area contributed by atoms with E-state index in [-0.39, 0.29) is 36.6 Å². The molecule has 1 aromatic rings. The van der Waals surface area contributed by atoms with E-state index in [1.807, 2.05) is 0 Å². The van der Waals surface area contributed by atoms with Crippen molar-refractivity contribution in [1.82, 2.24) is 5.32 Å². The van der Waals surface area contributed by atoms with Crippen LogP contribution in [-0.4, -0.2) is 31.3 Å². The molecule has 2 fully saturated rings. The fourth-order valence-electron chi connectivity index (χ4n) is 3.72. The Labute approximate surface area is 140 Å². The van der Waals surface area contributed by atoms with Gasteiger partial charge in [-0.25, -0.2) is 13.2 Å². The maximum absolute atomic E-state index is 15.1. The number of hydrogen-bond acceptors (Lipinski definition) is 3. The zero-order valence-electron chi connectivity index (χ0n) is 13.7. The van der Waals surface area contributed by atoms with Crippen LogP contribution < -0.4 is 11.1 Å². The molecule has 0 radical (unpaired) electrons. The van der Waals surface area contributed by atoms with Crippen LogP contribution in [0.3, 0.4) is 0 Å². The molecule has 1 aromatic carbocycles. The summed E-state index contributed by atoms with van der Waals surface area (Å²) < 4.78 is 47.7. The largest absolute Gasteiger partial charge is 0.377 e. The van der Waals surface area contributed by atoms with Crippen molar-refractivity contribution in [3.05, 3.63) is 35.4 Å². The second kappa shape index (κ2) is 7.42. The van der Waals surface area contributed by atoms with Gasteiger partial charge in [0.2, 0.25) is 0 Å². The van der Waals surface area contributed by atoms with Crippen LogP contribution in [0.5, 0.6) is 0 Å². The van der Waals surface area contributed by atoms with E-state index in [0.717, 1.165) is 37.6 Å². The molecule has 1 saturated heterocycles. The summed E-state index contributed by atoms with van der Waals surface area (Å²) in [5, 5.41) is 3.36. The van der Waals surface area contributed by atoms with Gasteiger partial charge in [-0.2, -0.15) is 0 Å². The van der Waals surface area contributed by atoms with E-state index in [4.69, 9.17) is 10.5 Å². The van der Waals surface area contributed by atoms with Crippen LogP contribution in [0.25, 0.3) is 0 Å². The molecule has 0 aromatic heterocycles. The van der Waals surface area contributed by atoms with Crippen LogP contribution in [0.4, 0.5) is 13.2 Å². The third-order valence-corrected chi connectivity index (χ3v) is 5.25. The average molecular weight is 342 g/mol. The van der Waals surface area contributed by atoms with E-state index in [1.54, 1.807) is 0 Å². The molecule has 0 bridgehead atoms. The SMILES string of the molecule is NC1CCCNC1COC1CCC(F)(c2cc(F)cc(F)c2)CC1. The van der Waals surface area contributed by atoms with E-state index in [2.05, 4.69) is 5.32 Å². The van der Waals surface area contributed by atoms with Crippen LogP contribution in [0.15, 0.2) is 18.2 Å². The molecular weight excluding hydrogens is 317 g/mol. The van der Waals surface area contributed by atoms with E-state index in [1.165, 1.54) is 0 Å². The van der Waals surface area contributed by atoms with Crippen LogP contribution in [0.1, 0.15) is 44.1 Å². The molecule has 1 aliphatic heterocycles. The van der Waals surface area contributed by atoms with Gasteiger partial charge in [-0.3, -0.25) is 0 Å². The van der Waals surface area contributed by atoms with Gasteiger partial charge in [0.25, 0.3) is 0 Å². The van der Waals surface area contributed by atoms with E-state index in [0.29, 0.717) is 19.4 Å². The standard InChI is InChI=1S/C18H25F3N2O/c19-13-8-12(9-14(20)10-13)18(21)5-3-15(4-6-18)24-11-17-16(22)2-1-7-23-17/h8-10,15-17,23H,1-7,11,22H2. The van der Waals surface area contributed by atoms with Crippen molar-refractivity contribution in [2.24, 2.45) is 5.73 Å². The second-order valence-electron chi connectivity index (χ2n) is 7.02. The molecule has 0 spiro atoms. The average Bonchev–Trinajstić information content (AvgIpc) is 2.55. The molecule has 1 heterocycles. The van der Waals surface area contributed by atoms with Crippen LogP contribution in [-0.2, 0) is 10.4 Å². The molecule has 3 nitrogen and oxygen atoms in total. The number of ether oxygens (including phenoxy) is 1. The minimum atomic E-state index is -1.68. The van der Waals surface area contributed by atoms with Crippen LogP contribution in [0.2, 0.25) is 0 Å². The Morgan fingerprint density at radius 3 is 2.42 bits per heavy atom. The molecule has 1 aliphatic carbocycles. The third-order valence-electron chi connectivity index (χ3n) is 5.25. The topological polar surface area (TPSA) is 47.3 Å². The number of alkyl halides is 1. The first-order valence-electron chi connectivity index (χ1n) is 8.72. The van der Waals surface area contributed by atoms with Gasteiger partial charge in [-0.05, 0) is 62.8 Å². The molecule has 134 valence electrons. The predicted octanol–water partition coefficient (Wildman–Crippen LogP) is 3.17. The number of rotatable bonds is 4. The highest BCUT2D eigenvalue weighted by molar-refractivity contribution is 5.25. The molecule has 3 N–H and O–H groups in total. The number of nitrogens with two attached hydrogens (primary N) is 1. The quantitative estimate of drug-likeness (QED) is 0.884. The third kappa shape index (κ3) is 4.10. The van der Waals surface area contributed by atoms with Crippen LogP contribution in [0, 0.1) is 11.6 Å². The molecule has 24 heavy (non-hydrogen) atoms. The second-order valence-corrected chi connectivity index (χ2v) is 7.02. The number of hydrogen-bond donors (Lipinski definition) is 2. The summed E-state index contributed by atoms with van der Waals surface area (Å²) >= 11 is 0. The highest BCUT2D eigenvalue weighted by Crippen LogP contribution is 2.42. The summed E-state index contributed by atoms with van der Waals surface area (Å²) in [5.41, 5.74) is 4.48. The molecule has 1 saturated carbocycles. The Morgan fingerprint density at radius 2 is 1.79 bits per heavy atom. The number of benzene rings is 1. The van der Waals surface area contributed by atoms with E-state index < -0.39 is 17.3 Å². The monoisotopic (exact) mass is 342 g/mol. The first-order chi connectivity index (χ1) is 11.5. The minimum absolute atomic E-state index is 0.0248. The van der Waals surface area contributed by atoms with Gasteiger partial charge >= 0.3 is 0 Å². The van der Waals surface area contributed by atoms with Gasteiger partial charge in [0.15, 0.2) is 0 Å². The van der Waals surface area contributed by atoms with Gasteiger partial charge in [-0.15, -0.1) is 0 Å². The lowest BCUT2D eigenvalue weighted by atomic mass is 9.80. The van der Waals surface area contributed by atoms with Crippen molar-refractivity contribution in [2.75, 3.05) is 13.2 Å². The Balaban J connectivity index is 1.53. The molecule has 2 unspecified atom stereocenters. The molecular formula is C18H25F3N2O. The van der Waals surface area contributed by atoms with E-state index in [9.17, 15) is 8.78 Å². The Kier molecular flexibility index (Phi) is 5.47. The number of nitrogens with one attached hydrogen (secondary N) is 1. The summed E-state index contributed by atoms with van der Waals surface area (Å²) in [6.45, 7) is 1.48. The highest BCUT2D eigenvalue weighted by Gasteiger charge is 2.38. The van der Waals surface area contributed by atoms with Crippen molar-refractivity contribution < 1.29 is 17.9 Å². The fraction of sp³-hybridized carbons (Fsp3) is 0.667. The summed E-state index contributed by atoms with van der Waals surface area (Å²) in [7, 11) is 0. The summed E-state index contributed by atoms with van der Waals surface area (Å²) in [5.74, 6) is -1.48. The van der Waals surface area contributed by atoms with Gasteiger partial charge in [0.05, 0.1) is 12.7 Å². The molecule has 2 atom stereocenters.